The lowest BCUT2D eigenvalue weighted by Crippen LogP contribution is -2.53. The molecule has 7 heteroatoms. The fraction of sp³-hybridized carbons (Fsp3) is 0.467. The highest BCUT2D eigenvalue weighted by atomic mass is 32.2. The van der Waals surface area contributed by atoms with Gasteiger partial charge >= 0.3 is 0 Å². The number of aliphatic carboxylic acids is 1. The zero-order valence-corrected chi connectivity index (χ0v) is 13.5. The van der Waals surface area contributed by atoms with E-state index in [2.05, 4.69) is 0 Å². The summed E-state index contributed by atoms with van der Waals surface area (Å²) >= 11 is 1.44. The Morgan fingerprint density at radius 1 is 1.32 bits per heavy atom. The van der Waals surface area contributed by atoms with Crippen molar-refractivity contribution in [3.8, 4) is 11.5 Å². The van der Waals surface area contributed by atoms with Gasteiger partial charge in [0.15, 0.2) is 11.5 Å². The third-order valence-corrected chi connectivity index (χ3v) is 5.66. The molecule has 0 aliphatic carbocycles. The van der Waals surface area contributed by atoms with Crippen molar-refractivity contribution in [3.63, 3.8) is 0 Å². The average Bonchev–Trinajstić information content (AvgIpc) is 2.88. The Morgan fingerprint density at radius 3 is 2.55 bits per heavy atom. The lowest BCUT2D eigenvalue weighted by Gasteiger charge is -2.31. The largest absolute Gasteiger partial charge is 0.548 e. The SMILES string of the molecule is COc1ccc2c(c1OC)C(=O)N1[C@@H](C(=O)[O-])C(C)(C)S[C@@H]21. The summed E-state index contributed by atoms with van der Waals surface area (Å²) < 4.78 is 9.91. The second-order valence-corrected chi connectivity index (χ2v) is 7.51. The predicted molar refractivity (Wildman–Crippen MR) is 78.9 cm³/mol. The minimum atomic E-state index is -1.24. The molecule has 0 aromatic heterocycles. The maximum atomic E-state index is 12.8. The lowest BCUT2D eigenvalue weighted by atomic mass is 10.0. The molecule has 6 nitrogen and oxygen atoms in total. The summed E-state index contributed by atoms with van der Waals surface area (Å²) in [4.78, 5) is 25.8. The minimum Gasteiger partial charge on any atom is -0.548 e. The predicted octanol–water partition coefficient (Wildman–Crippen LogP) is 0.802. The zero-order chi connectivity index (χ0) is 16.2. The molecule has 22 heavy (non-hydrogen) atoms. The molecule has 2 atom stereocenters. The van der Waals surface area contributed by atoms with E-state index >= 15 is 0 Å². The molecule has 0 spiro atoms. The number of carboxylic acids is 1. The number of rotatable bonds is 3. The molecular formula is C15H16NO5S-. The number of hydrogen-bond donors (Lipinski definition) is 0. The summed E-state index contributed by atoms with van der Waals surface area (Å²) in [6, 6.07) is 2.53. The minimum absolute atomic E-state index is 0.343. The Hall–Kier alpha value is -1.89. The first kappa shape index (κ1) is 15.0. The van der Waals surface area contributed by atoms with Gasteiger partial charge in [0.25, 0.3) is 5.91 Å². The fourth-order valence-corrected chi connectivity index (χ4v) is 4.78. The van der Waals surface area contributed by atoms with Crippen LogP contribution in [0.25, 0.3) is 0 Å². The number of thioether (sulfide) groups is 1. The first-order chi connectivity index (χ1) is 10.3. The number of carboxylic acid groups (broad SMARTS) is 1. The highest BCUT2D eigenvalue weighted by Gasteiger charge is 2.56. The lowest BCUT2D eigenvalue weighted by molar-refractivity contribution is -0.311. The second kappa shape index (κ2) is 4.81. The second-order valence-electron chi connectivity index (χ2n) is 5.77. The molecule has 1 aromatic rings. The van der Waals surface area contributed by atoms with E-state index in [9.17, 15) is 14.7 Å². The van der Waals surface area contributed by atoms with Gasteiger partial charge in [0.1, 0.15) is 5.37 Å². The Labute approximate surface area is 132 Å². The van der Waals surface area contributed by atoms with Crippen molar-refractivity contribution in [2.75, 3.05) is 14.2 Å². The Morgan fingerprint density at radius 2 is 2.00 bits per heavy atom. The molecule has 0 unspecified atom stereocenters. The van der Waals surface area contributed by atoms with Crippen LogP contribution >= 0.6 is 11.8 Å². The van der Waals surface area contributed by atoms with Crippen molar-refractivity contribution in [3.05, 3.63) is 23.3 Å². The van der Waals surface area contributed by atoms with E-state index in [0.29, 0.717) is 17.1 Å². The number of amides is 1. The zero-order valence-electron chi connectivity index (χ0n) is 12.7. The molecule has 1 fully saturated rings. The fourth-order valence-electron chi connectivity index (χ4n) is 3.21. The number of carbonyl (C=O) groups is 2. The molecule has 0 radical (unpaired) electrons. The molecule has 1 saturated heterocycles. The quantitative estimate of drug-likeness (QED) is 0.819. The number of nitrogens with zero attached hydrogens (tertiary/aromatic N) is 1. The van der Waals surface area contributed by atoms with Crippen molar-refractivity contribution < 1.29 is 24.2 Å². The maximum Gasteiger partial charge on any atom is 0.259 e. The number of benzene rings is 1. The van der Waals surface area contributed by atoms with Gasteiger partial charge in [0.05, 0.1) is 31.8 Å². The van der Waals surface area contributed by atoms with Crippen molar-refractivity contribution in [1.29, 1.82) is 0 Å². The van der Waals surface area contributed by atoms with Crippen molar-refractivity contribution >= 4 is 23.6 Å². The normalized spacial score (nSPS) is 24.9. The molecule has 1 amide bonds. The van der Waals surface area contributed by atoms with Gasteiger partial charge in [-0.15, -0.1) is 11.8 Å². The smallest absolute Gasteiger partial charge is 0.259 e. The van der Waals surface area contributed by atoms with Crippen LogP contribution < -0.4 is 14.6 Å². The van der Waals surface area contributed by atoms with Gasteiger partial charge in [0, 0.05) is 10.3 Å². The van der Waals surface area contributed by atoms with Gasteiger partial charge in [-0.3, -0.25) is 4.79 Å². The molecule has 3 rings (SSSR count). The van der Waals surface area contributed by atoms with Gasteiger partial charge in [-0.25, -0.2) is 0 Å². The van der Waals surface area contributed by atoms with Gasteiger partial charge in [-0.2, -0.15) is 0 Å². The highest BCUT2D eigenvalue weighted by Crippen LogP contribution is 2.58. The van der Waals surface area contributed by atoms with Crippen LogP contribution in [0.1, 0.15) is 35.1 Å². The number of methoxy groups -OCH3 is 2. The molecule has 2 aliphatic rings. The summed E-state index contributed by atoms with van der Waals surface area (Å²) in [5, 5.41) is 11.2. The number of fused-ring (bicyclic) bond motifs is 3. The molecule has 2 aliphatic heterocycles. The third-order valence-electron chi connectivity index (χ3n) is 4.12. The van der Waals surface area contributed by atoms with E-state index in [-0.39, 0.29) is 11.3 Å². The Kier molecular flexibility index (Phi) is 3.28. The molecule has 0 N–H and O–H groups in total. The van der Waals surface area contributed by atoms with Crippen LogP contribution in [0.4, 0.5) is 0 Å². The first-order valence-electron chi connectivity index (χ1n) is 6.79. The van der Waals surface area contributed by atoms with Crippen molar-refractivity contribution in [2.45, 2.75) is 30.0 Å². The number of ether oxygens (including phenoxy) is 2. The van der Waals surface area contributed by atoms with Gasteiger partial charge in [-0.05, 0) is 19.9 Å². The summed E-state index contributed by atoms with van der Waals surface area (Å²) in [6.45, 7) is 3.62. The monoisotopic (exact) mass is 322 g/mol. The summed E-state index contributed by atoms with van der Waals surface area (Å²) in [7, 11) is 2.95. The molecule has 118 valence electrons. The average molecular weight is 322 g/mol. The first-order valence-corrected chi connectivity index (χ1v) is 7.67. The molecule has 1 aromatic carbocycles. The van der Waals surface area contributed by atoms with Crippen LogP contribution in [0.3, 0.4) is 0 Å². The molecular weight excluding hydrogens is 306 g/mol. The number of carbonyl (C=O) groups excluding carboxylic acids is 2. The highest BCUT2D eigenvalue weighted by molar-refractivity contribution is 8.01. The van der Waals surface area contributed by atoms with Crippen LogP contribution in [0.5, 0.6) is 11.5 Å². The molecule has 0 bridgehead atoms. The van der Waals surface area contributed by atoms with E-state index in [1.54, 1.807) is 12.1 Å². The number of hydrogen-bond acceptors (Lipinski definition) is 6. The van der Waals surface area contributed by atoms with E-state index < -0.39 is 16.8 Å². The van der Waals surface area contributed by atoms with Crippen LogP contribution in [0.15, 0.2) is 12.1 Å². The van der Waals surface area contributed by atoms with Crippen LogP contribution in [-0.4, -0.2) is 41.8 Å². The maximum absolute atomic E-state index is 12.8. The molecule has 2 heterocycles. The molecule has 0 saturated carbocycles. The van der Waals surface area contributed by atoms with Crippen LogP contribution in [0, 0.1) is 0 Å². The summed E-state index contributed by atoms with van der Waals surface area (Å²) in [6.07, 6.45) is 0. The van der Waals surface area contributed by atoms with Crippen molar-refractivity contribution in [1.82, 2.24) is 4.90 Å². The van der Waals surface area contributed by atoms with Gasteiger partial charge < -0.3 is 24.3 Å². The van der Waals surface area contributed by atoms with E-state index in [1.165, 1.54) is 30.9 Å². The Balaban J connectivity index is 2.17. The Bertz CT molecular complexity index is 672. The topological polar surface area (TPSA) is 78.9 Å². The third kappa shape index (κ3) is 1.81. The van der Waals surface area contributed by atoms with Crippen molar-refractivity contribution in [2.24, 2.45) is 0 Å². The summed E-state index contributed by atoms with van der Waals surface area (Å²) in [5.74, 6) is -0.810. The van der Waals surface area contributed by atoms with Crippen LogP contribution in [0.2, 0.25) is 0 Å². The van der Waals surface area contributed by atoms with Gasteiger partial charge in [-0.1, -0.05) is 6.07 Å². The van der Waals surface area contributed by atoms with E-state index in [1.807, 2.05) is 13.8 Å². The van der Waals surface area contributed by atoms with Gasteiger partial charge in [0.2, 0.25) is 0 Å². The van der Waals surface area contributed by atoms with E-state index in [0.717, 1.165) is 5.56 Å². The van der Waals surface area contributed by atoms with E-state index in [4.69, 9.17) is 9.47 Å². The standard InChI is InChI=1S/C15H17NO5S/c1-15(2)11(14(18)19)16-12(17)9-7(13(16)22-15)5-6-8(20-3)10(9)21-4/h5-6,11,13H,1-4H3,(H,18,19)/p-1/t11-,13-/m0/s1. The summed E-state index contributed by atoms with van der Waals surface area (Å²) in [5.41, 5.74) is 1.13. The van der Waals surface area contributed by atoms with Crippen LogP contribution in [-0.2, 0) is 4.79 Å².